The molecule has 0 aliphatic carbocycles. The van der Waals surface area contributed by atoms with E-state index in [2.05, 4.69) is 0 Å². The van der Waals surface area contributed by atoms with Crippen molar-refractivity contribution in [2.75, 3.05) is 0 Å². The Morgan fingerprint density at radius 3 is 0.857 bits per heavy atom. The van der Waals surface area contributed by atoms with Crippen LogP contribution in [0.4, 0.5) is 0 Å². The van der Waals surface area contributed by atoms with Crippen LogP contribution in [0.5, 0.6) is 0 Å². The van der Waals surface area contributed by atoms with Crippen LogP contribution in [0.25, 0.3) is 0 Å². The molecule has 3 nitrogen and oxygen atoms in total. The predicted octanol–water partition coefficient (Wildman–Crippen LogP) is -8.42. The Bertz CT molecular complexity index is 17.7. The first-order chi connectivity index (χ1) is 1.73. The molecule has 0 aromatic carbocycles. The van der Waals surface area contributed by atoms with E-state index in [1.165, 1.54) is 0 Å². The van der Waals surface area contributed by atoms with Crippen molar-refractivity contribution >= 4 is 30.4 Å². The summed E-state index contributed by atoms with van der Waals surface area (Å²) < 4.78 is 0. The Kier molecular flexibility index (Phi) is 53.6. The summed E-state index contributed by atoms with van der Waals surface area (Å²) in [5, 5.41) is 21.5. The third-order valence-corrected chi connectivity index (χ3v) is 0. The van der Waals surface area contributed by atoms with Crippen LogP contribution in [0, 0.1) is 0 Å². The molecule has 0 aromatic heterocycles. The van der Waals surface area contributed by atoms with E-state index in [4.69, 9.17) is 15.1 Å². The maximum Gasteiger partial charge on any atom is 2.00 e. The van der Waals surface area contributed by atoms with Crippen molar-refractivity contribution in [1.29, 1.82) is 0 Å². The van der Waals surface area contributed by atoms with Gasteiger partial charge in [-0.1, -0.05) is 0 Å². The minimum absolute atomic E-state index is 0. The van der Waals surface area contributed by atoms with Crippen LogP contribution in [0.3, 0.4) is 0 Å². The molecule has 0 aliphatic rings. The average molecular weight is 157 g/mol. The molecule has 0 aromatic rings. The van der Waals surface area contributed by atoms with Gasteiger partial charge in [-0.3, -0.25) is 0 Å². The molecule has 0 atom stereocenters. The molecule has 0 heterocycles. The second-order valence-electron chi connectivity index (χ2n) is 0.346. The fourth-order valence-corrected chi connectivity index (χ4v) is 0. The molecule has 0 bridgehead atoms. The monoisotopic (exact) mass is 156 g/mol. The molecular weight excluding hydrogens is 154 g/mol. The van der Waals surface area contributed by atoms with E-state index in [1.54, 1.807) is 0 Å². The Morgan fingerprint density at radius 1 is 0.857 bits per heavy atom. The summed E-state index contributed by atoms with van der Waals surface area (Å²) in [5.74, 6) is 0. The topological polar surface area (TPSA) is 60.7 Å². The predicted molar refractivity (Wildman–Crippen MR) is 18.2 cm³/mol. The van der Waals surface area contributed by atoms with Crippen LogP contribution in [0.2, 0.25) is 0 Å². The average Bonchev–Trinajstić information content (AvgIpc) is 0.811. The van der Waals surface area contributed by atoms with Crippen molar-refractivity contribution in [3.05, 3.63) is 0 Å². The maximum absolute atomic E-state index is 7.17. The van der Waals surface area contributed by atoms with Gasteiger partial charge in [0.15, 0.2) is 0 Å². The zero-order chi connectivity index (χ0) is 3.58. The fourth-order valence-electron chi connectivity index (χ4n) is 0. The zero-order valence-electron chi connectivity index (χ0n) is 3.38. The van der Waals surface area contributed by atoms with Crippen LogP contribution >= 0.6 is 0 Å². The van der Waals surface area contributed by atoms with Gasteiger partial charge in [0.05, 0.1) is 0 Å². The molecule has 0 unspecified atom stereocenters. The first-order valence-corrected chi connectivity index (χ1v) is 0.775. The molecule has 40 valence electrons. The smallest absolute Gasteiger partial charge is 1.00 e. The third kappa shape index (κ3) is 122. The van der Waals surface area contributed by atoms with Crippen molar-refractivity contribution in [1.82, 2.24) is 0 Å². The van der Waals surface area contributed by atoms with Crippen LogP contribution in [0.15, 0.2) is 0 Å². The van der Waals surface area contributed by atoms with Crippen LogP contribution in [-0.2, 0) is 0 Å². The van der Waals surface area contributed by atoms with Crippen LogP contribution < -0.4 is 24.8 Å². The maximum atomic E-state index is 7.17. The molecule has 0 aliphatic heterocycles. The molecule has 0 rings (SSSR count). The van der Waals surface area contributed by atoms with Crippen molar-refractivity contribution in [3.63, 3.8) is 0 Å². The largest absolute Gasteiger partial charge is 2.00 e. The van der Waals surface area contributed by atoms with Gasteiger partial charge in [-0.25, -0.2) is 0 Å². The standard InChI is InChI=1S/BH3O3.2ClH.Mg/c2-1(3)4;;;/h2-4H;2*1H;/q;;;+2/p-2. The second kappa shape index (κ2) is 15.7. The van der Waals surface area contributed by atoms with E-state index in [0.717, 1.165) is 0 Å². The van der Waals surface area contributed by atoms with Gasteiger partial charge in [0.25, 0.3) is 0 Å². The van der Waals surface area contributed by atoms with E-state index in [9.17, 15) is 0 Å². The molecule has 7 heavy (non-hydrogen) atoms. The Hall–Kier alpha value is 1.29. The van der Waals surface area contributed by atoms with Gasteiger partial charge in [0, 0.05) is 0 Å². The Morgan fingerprint density at radius 2 is 0.857 bits per heavy atom. The van der Waals surface area contributed by atoms with Gasteiger partial charge in [0.1, 0.15) is 0 Å². The summed E-state index contributed by atoms with van der Waals surface area (Å²) in [4.78, 5) is 0. The quantitative estimate of drug-likeness (QED) is 0.306. The van der Waals surface area contributed by atoms with Crippen molar-refractivity contribution in [3.8, 4) is 0 Å². The summed E-state index contributed by atoms with van der Waals surface area (Å²) in [6.07, 6.45) is 0. The molecule has 0 spiro atoms. The summed E-state index contributed by atoms with van der Waals surface area (Å²) in [7, 11) is -2.17. The summed E-state index contributed by atoms with van der Waals surface area (Å²) in [5.41, 5.74) is 0. The fraction of sp³-hybridized carbons (Fsp3) is 0. The molecule has 7 heteroatoms. The van der Waals surface area contributed by atoms with Crippen molar-refractivity contribution in [2.24, 2.45) is 0 Å². The number of hydrogen-bond acceptors (Lipinski definition) is 3. The normalized spacial score (nSPS) is 3.86. The Labute approximate surface area is 70.3 Å². The van der Waals surface area contributed by atoms with E-state index >= 15 is 0 Å². The summed E-state index contributed by atoms with van der Waals surface area (Å²) >= 11 is 0. The molecular formula is H3BCl2MgO3. The molecule has 0 fully saturated rings. The molecule has 0 saturated heterocycles. The number of halogens is 2. The van der Waals surface area contributed by atoms with Crippen molar-refractivity contribution in [2.45, 2.75) is 0 Å². The summed E-state index contributed by atoms with van der Waals surface area (Å²) in [6, 6.07) is 0. The number of hydrogen-bond donors (Lipinski definition) is 3. The molecule has 0 radical (unpaired) electrons. The van der Waals surface area contributed by atoms with E-state index in [-0.39, 0.29) is 47.9 Å². The van der Waals surface area contributed by atoms with Crippen LogP contribution in [-0.4, -0.2) is 45.4 Å². The Balaban J connectivity index is -0.0000000150. The third-order valence-electron chi connectivity index (χ3n) is 0. The van der Waals surface area contributed by atoms with E-state index < -0.39 is 7.32 Å². The first-order valence-electron chi connectivity index (χ1n) is 0.775. The van der Waals surface area contributed by atoms with Gasteiger partial charge < -0.3 is 39.9 Å². The van der Waals surface area contributed by atoms with Crippen molar-refractivity contribution < 1.29 is 39.9 Å². The molecule has 3 N–H and O–H groups in total. The second-order valence-corrected chi connectivity index (χ2v) is 0.346. The van der Waals surface area contributed by atoms with Gasteiger partial charge in [-0.15, -0.1) is 0 Å². The minimum atomic E-state index is -2.17. The van der Waals surface area contributed by atoms with Gasteiger partial charge in [-0.2, -0.15) is 0 Å². The van der Waals surface area contributed by atoms with E-state index in [1.807, 2.05) is 0 Å². The molecule has 0 saturated carbocycles. The zero-order valence-corrected chi connectivity index (χ0v) is 6.31. The van der Waals surface area contributed by atoms with Gasteiger partial charge >= 0.3 is 30.4 Å². The van der Waals surface area contributed by atoms with Gasteiger partial charge in [0.2, 0.25) is 0 Å². The molecule has 0 amide bonds. The summed E-state index contributed by atoms with van der Waals surface area (Å²) in [6.45, 7) is 0. The van der Waals surface area contributed by atoms with Crippen LogP contribution in [0.1, 0.15) is 0 Å². The SMILES string of the molecule is OB(O)O.[Cl-].[Cl-].[Mg+2]. The first kappa shape index (κ1) is 23.9. The van der Waals surface area contributed by atoms with E-state index in [0.29, 0.717) is 0 Å². The van der Waals surface area contributed by atoms with Gasteiger partial charge in [-0.05, 0) is 0 Å². The minimum Gasteiger partial charge on any atom is -1.00 e. The number of rotatable bonds is 0.